The van der Waals surface area contributed by atoms with Gasteiger partial charge in [-0.05, 0) is 23.3 Å². The Balaban J connectivity index is 2.47. The third-order valence-corrected chi connectivity index (χ3v) is 3.00. The second-order valence-electron chi connectivity index (χ2n) is 5.67. The van der Waals surface area contributed by atoms with Gasteiger partial charge in [0.1, 0.15) is 6.33 Å². The van der Waals surface area contributed by atoms with Crippen molar-refractivity contribution in [3.8, 4) is 0 Å². The van der Waals surface area contributed by atoms with Crippen LogP contribution in [-0.2, 0) is 17.8 Å². The topological polar surface area (TPSA) is 35.0 Å². The minimum Gasteiger partial charge on any atom is -0.375 e. The van der Waals surface area contributed by atoms with Gasteiger partial charge < -0.3 is 4.74 Å². The fourth-order valence-corrected chi connectivity index (χ4v) is 2.23. The summed E-state index contributed by atoms with van der Waals surface area (Å²) in [5, 5.41) is 0. The fraction of sp³-hybridized carbons (Fsp3) is 0.692. The Kier molecular flexibility index (Phi) is 2.98. The van der Waals surface area contributed by atoms with Crippen LogP contribution < -0.4 is 0 Å². The molecule has 0 N–H and O–H groups in total. The van der Waals surface area contributed by atoms with E-state index in [1.54, 1.807) is 6.33 Å². The van der Waals surface area contributed by atoms with Crippen molar-refractivity contribution in [3.05, 3.63) is 23.3 Å². The third-order valence-electron chi connectivity index (χ3n) is 3.00. The number of nitrogens with zero attached hydrogens (tertiary/aromatic N) is 2. The molecular formula is C13H20N2O. The van der Waals surface area contributed by atoms with Crippen LogP contribution >= 0.6 is 0 Å². The third kappa shape index (κ3) is 2.24. The van der Waals surface area contributed by atoms with E-state index in [1.807, 2.05) is 0 Å². The van der Waals surface area contributed by atoms with E-state index in [-0.39, 0.29) is 5.41 Å². The minimum absolute atomic E-state index is 0.180. The van der Waals surface area contributed by atoms with Crippen molar-refractivity contribution >= 4 is 0 Å². The molecule has 2 heterocycles. The molecule has 0 saturated heterocycles. The second-order valence-corrected chi connectivity index (χ2v) is 5.67. The highest BCUT2D eigenvalue weighted by atomic mass is 16.5. The van der Waals surface area contributed by atoms with E-state index in [0.29, 0.717) is 12.5 Å². The van der Waals surface area contributed by atoms with Crippen molar-refractivity contribution in [1.82, 2.24) is 9.97 Å². The number of hydrogen-bond donors (Lipinski definition) is 0. The Hall–Kier alpha value is -0.960. The van der Waals surface area contributed by atoms with Crippen LogP contribution in [0.5, 0.6) is 0 Å². The molecule has 0 radical (unpaired) electrons. The summed E-state index contributed by atoms with van der Waals surface area (Å²) in [6, 6.07) is 0. The van der Waals surface area contributed by atoms with Gasteiger partial charge in [-0.2, -0.15) is 0 Å². The first-order valence-electron chi connectivity index (χ1n) is 5.90. The monoisotopic (exact) mass is 220 g/mol. The molecule has 1 aliphatic rings. The van der Waals surface area contributed by atoms with Crippen molar-refractivity contribution in [2.45, 2.75) is 46.6 Å². The maximum absolute atomic E-state index is 5.68. The fourth-order valence-electron chi connectivity index (χ4n) is 2.23. The van der Waals surface area contributed by atoms with E-state index in [4.69, 9.17) is 4.74 Å². The molecule has 0 atom stereocenters. The molecule has 3 heteroatoms. The van der Waals surface area contributed by atoms with E-state index in [9.17, 15) is 0 Å². The van der Waals surface area contributed by atoms with Gasteiger partial charge in [0.15, 0.2) is 0 Å². The first kappa shape index (κ1) is 11.5. The van der Waals surface area contributed by atoms with Crippen molar-refractivity contribution < 1.29 is 4.74 Å². The lowest BCUT2D eigenvalue weighted by atomic mass is 9.85. The van der Waals surface area contributed by atoms with Gasteiger partial charge in [-0.1, -0.05) is 27.7 Å². The van der Waals surface area contributed by atoms with Gasteiger partial charge >= 0.3 is 0 Å². The summed E-state index contributed by atoms with van der Waals surface area (Å²) in [6.07, 6.45) is 2.67. The second kappa shape index (κ2) is 4.13. The van der Waals surface area contributed by atoms with Gasteiger partial charge in [-0.3, -0.25) is 0 Å². The predicted molar refractivity (Wildman–Crippen MR) is 63.3 cm³/mol. The number of fused-ring (bicyclic) bond motifs is 1. The first-order valence-corrected chi connectivity index (χ1v) is 5.90. The summed E-state index contributed by atoms with van der Waals surface area (Å²) in [5.41, 5.74) is 3.74. The Morgan fingerprint density at radius 3 is 2.75 bits per heavy atom. The zero-order chi connectivity index (χ0) is 11.8. The summed E-state index contributed by atoms with van der Waals surface area (Å²) in [7, 11) is 0. The van der Waals surface area contributed by atoms with Gasteiger partial charge in [0, 0.05) is 5.69 Å². The summed E-state index contributed by atoms with van der Waals surface area (Å²) < 4.78 is 5.68. The molecular weight excluding hydrogens is 200 g/mol. The minimum atomic E-state index is 0.180. The number of aromatic nitrogens is 2. The molecule has 1 aliphatic heterocycles. The molecule has 0 saturated carbocycles. The van der Waals surface area contributed by atoms with E-state index in [1.165, 1.54) is 11.3 Å². The summed E-state index contributed by atoms with van der Waals surface area (Å²) in [6.45, 7) is 10.3. The van der Waals surface area contributed by atoms with Gasteiger partial charge in [0.2, 0.25) is 0 Å². The van der Waals surface area contributed by atoms with Gasteiger partial charge in [0.25, 0.3) is 0 Å². The van der Waals surface area contributed by atoms with Gasteiger partial charge in [0.05, 0.1) is 18.9 Å². The highest BCUT2D eigenvalue weighted by Gasteiger charge is 2.27. The van der Waals surface area contributed by atoms with Crippen LogP contribution in [0.25, 0.3) is 0 Å². The zero-order valence-electron chi connectivity index (χ0n) is 10.6. The van der Waals surface area contributed by atoms with Crippen molar-refractivity contribution in [2.24, 2.45) is 5.41 Å². The van der Waals surface area contributed by atoms with E-state index < -0.39 is 0 Å². The molecule has 0 spiro atoms. The van der Waals surface area contributed by atoms with Crippen molar-refractivity contribution in [3.63, 3.8) is 0 Å². The molecule has 0 fully saturated rings. The highest BCUT2D eigenvalue weighted by molar-refractivity contribution is 5.28. The lowest BCUT2D eigenvalue weighted by Gasteiger charge is -2.22. The molecule has 0 aliphatic carbocycles. The lowest BCUT2D eigenvalue weighted by Crippen LogP contribution is -2.20. The van der Waals surface area contributed by atoms with Crippen LogP contribution in [0.2, 0.25) is 0 Å². The van der Waals surface area contributed by atoms with Crippen LogP contribution in [0.3, 0.4) is 0 Å². The Morgan fingerprint density at radius 1 is 1.31 bits per heavy atom. The number of hydrogen-bond acceptors (Lipinski definition) is 3. The van der Waals surface area contributed by atoms with Crippen molar-refractivity contribution in [1.29, 1.82) is 0 Å². The highest BCUT2D eigenvalue weighted by Crippen LogP contribution is 2.31. The maximum atomic E-state index is 5.68. The molecule has 16 heavy (non-hydrogen) atoms. The van der Waals surface area contributed by atoms with Crippen LogP contribution in [0.15, 0.2) is 6.33 Å². The molecule has 0 aromatic carbocycles. The Morgan fingerprint density at radius 2 is 2.06 bits per heavy atom. The lowest BCUT2D eigenvalue weighted by molar-refractivity contribution is 0.0596. The normalized spacial score (nSPS) is 19.3. The summed E-state index contributed by atoms with van der Waals surface area (Å²) in [5.74, 6) is 0.450. The molecule has 1 aromatic heterocycles. The molecule has 3 nitrogen and oxygen atoms in total. The molecule has 2 rings (SSSR count). The van der Waals surface area contributed by atoms with Crippen LogP contribution in [-0.4, -0.2) is 16.6 Å². The van der Waals surface area contributed by atoms with Crippen molar-refractivity contribution in [2.75, 3.05) is 6.61 Å². The predicted octanol–water partition coefficient (Wildman–Crippen LogP) is 2.70. The quantitative estimate of drug-likeness (QED) is 0.730. The molecule has 0 amide bonds. The standard InChI is InChI=1S/C13H20N2O/c1-9(2)12-10-5-13(3,4)7-16-6-11(10)14-8-15-12/h8-9H,5-7H2,1-4H3. The summed E-state index contributed by atoms with van der Waals surface area (Å²) in [4.78, 5) is 8.78. The number of rotatable bonds is 1. The van der Waals surface area contributed by atoms with Crippen LogP contribution in [0.1, 0.15) is 50.6 Å². The smallest absolute Gasteiger partial charge is 0.116 e. The largest absolute Gasteiger partial charge is 0.375 e. The maximum Gasteiger partial charge on any atom is 0.116 e. The Labute approximate surface area is 97.3 Å². The van der Waals surface area contributed by atoms with Gasteiger partial charge in [-0.25, -0.2) is 9.97 Å². The molecule has 1 aromatic rings. The average molecular weight is 220 g/mol. The Bertz CT molecular complexity index is 386. The van der Waals surface area contributed by atoms with E-state index in [2.05, 4.69) is 37.7 Å². The summed E-state index contributed by atoms with van der Waals surface area (Å²) >= 11 is 0. The van der Waals surface area contributed by atoms with Gasteiger partial charge in [-0.15, -0.1) is 0 Å². The molecule has 88 valence electrons. The first-order chi connectivity index (χ1) is 7.49. The zero-order valence-corrected chi connectivity index (χ0v) is 10.6. The molecule has 0 bridgehead atoms. The average Bonchev–Trinajstić information content (AvgIpc) is 2.33. The van der Waals surface area contributed by atoms with Crippen LogP contribution in [0.4, 0.5) is 0 Å². The van der Waals surface area contributed by atoms with E-state index in [0.717, 1.165) is 18.7 Å². The van der Waals surface area contributed by atoms with Crippen LogP contribution in [0, 0.1) is 5.41 Å². The van der Waals surface area contributed by atoms with E-state index >= 15 is 0 Å². The molecule has 0 unspecified atom stereocenters. The number of ether oxygens (including phenoxy) is 1. The SMILES string of the molecule is CC(C)c1ncnc2c1CC(C)(C)COC2.